The summed E-state index contributed by atoms with van der Waals surface area (Å²) in [4.78, 5) is 15.8. The lowest BCUT2D eigenvalue weighted by molar-refractivity contribution is 0.241. The van der Waals surface area contributed by atoms with Gasteiger partial charge in [-0.05, 0) is 38.0 Å². The Kier molecular flexibility index (Phi) is 3.90. The number of hydrogen-bond acceptors (Lipinski definition) is 3. The molecular weight excluding hydrogens is 266 g/mol. The van der Waals surface area contributed by atoms with Crippen LogP contribution in [0.15, 0.2) is 42.3 Å². The van der Waals surface area contributed by atoms with Gasteiger partial charge in [0.15, 0.2) is 0 Å². The van der Waals surface area contributed by atoms with Crippen LogP contribution in [0, 0.1) is 6.92 Å². The van der Waals surface area contributed by atoms with Crippen molar-refractivity contribution in [2.75, 3.05) is 0 Å². The maximum Gasteiger partial charge on any atom is 0.319 e. The SMILES string of the molecule is Cc1cc(O[C@@H]2C=CC(NC(=O)NC3CC3)=CC2)ccn1. The van der Waals surface area contributed by atoms with E-state index in [1.165, 1.54) is 0 Å². The van der Waals surface area contributed by atoms with Crippen molar-refractivity contribution in [3.8, 4) is 5.75 Å². The fraction of sp³-hybridized carbons (Fsp3) is 0.375. The van der Waals surface area contributed by atoms with Crippen molar-refractivity contribution in [3.63, 3.8) is 0 Å². The molecule has 1 saturated carbocycles. The number of nitrogens with one attached hydrogen (secondary N) is 2. The van der Waals surface area contributed by atoms with Gasteiger partial charge in [-0.1, -0.05) is 6.08 Å². The minimum Gasteiger partial charge on any atom is -0.486 e. The van der Waals surface area contributed by atoms with Crippen LogP contribution in [-0.2, 0) is 0 Å². The second-order valence-corrected chi connectivity index (χ2v) is 5.42. The minimum atomic E-state index is -0.127. The van der Waals surface area contributed by atoms with Crippen LogP contribution in [0.25, 0.3) is 0 Å². The number of aryl methyl sites for hydroxylation is 1. The van der Waals surface area contributed by atoms with Crippen LogP contribution in [0.2, 0.25) is 0 Å². The smallest absolute Gasteiger partial charge is 0.319 e. The molecule has 2 aliphatic carbocycles. The van der Waals surface area contributed by atoms with Crippen LogP contribution in [0.4, 0.5) is 4.79 Å². The van der Waals surface area contributed by atoms with Gasteiger partial charge >= 0.3 is 6.03 Å². The molecule has 1 aromatic rings. The summed E-state index contributed by atoms with van der Waals surface area (Å²) in [6.45, 7) is 1.93. The van der Waals surface area contributed by atoms with E-state index in [0.717, 1.165) is 36.4 Å². The number of hydrogen-bond donors (Lipinski definition) is 2. The van der Waals surface area contributed by atoms with Crippen molar-refractivity contribution in [3.05, 3.63) is 47.9 Å². The van der Waals surface area contributed by atoms with Crippen molar-refractivity contribution >= 4 is 6.03 Å². The molecule has 0 unspecified atom stereocenters. The van der Waals surface area contributed by atoms with Crippen LogP contribution >= 0.6 is 0 Å². The molecule has 1 heterocycles. The molecule has 5 nitrogen and oxygen atoms in total. The Morgan fingerprint density at radius 1 is 1.43 bits per heavy atom. The average Bonchev–Trinajstić information content (AvgIpc) is 3.25. The Morgan fingerprint density at radius 3 is 2.95 bits per heavy atom. The Bertz CT molecular complexity index is 591. The number of nitrogens with zero attached hydrogens (tertiary/aromatic N) is 1. The summed E-state index contributed by atoms with van der Waals surface area (Å²) >= 11 is 0. The van der Waals surface area contributed by atoms with Gasteiger partial charge in [0.1, 0.15) is 11.9 Å². The number of allylic oxidation sites excluding steroid dienone is 1. The van der Waals surface area contributed by atoms with E-state index in [0.29, 0.717) is 6.04 Å². The quantitative estimate of drug-likeness (QED) is 0.893. The Hall–Kier alpha value is -2.30. The summed E-state index contributed by atoms with van der Waals surface area (Å²) in [6.07, 6.45) is 10.5. The van der Waals surface area contributed by atoms with Gasteiger partial charge in [-0.25, -0.2) is 4.79 Å². The zero-order valence-corrected chi connectivity index (χ0v) is 12.0. The first-order valence-electron chi connectivity index (χ1n) is 7.24. The van der Waals surface area contributed by atoms with Crippen molar-refractivity contribution in [2.24, 2.45) is 0 Å². The minimum absolute atomic E-state index is 0.0103. The first-order chi connectivity index (χ1) is 10.2. The van der Waals surface area contributed by atoms with Gasteiger partial charge in [-0.3, -0.25) is 4.98 Å². The molecule has 0 aromatic carbocycles. The number of carbonyl (C=O) groups is 1. The standard InChI is InChI=1S/C16H19N3O2/c1-11-10-15(8-9-17-11)21-14-6-4-13(5-7-14)19-16(20)18-12-2-3-12/h4-6,8-10,12,14H,2-3,7H2,1H3,(H2,18,19,20)/t14-/m1/s1. The van der Waals surface area contributed by atoms with Crippen molar-refractivity contribution < 1.29 is 9.53 Å². The van der Waals surface area contributed by atoms with Crippen LogP contribution < -0.4 is 15.4 Å². The van der Waals surface area contributed by atoms with Gasteiger partial charge in [0.25, 0.3) is 0 Å². The lowest BCUT2D eigenvalue weighted by Gasteiger charge is -2.19. The first-order valence-corrected chi connectivity index (χ1v) is 7.24. The van der Waals surface area contributed by atoms with Gasteiger partial charge in [-0.15, -0.1) is 0 Å². The highest BCUT2D eigenvalue weighted by atomic mass is 16.5. The molecule has 110 valence electrons. The molecular formula is C16H19N3O2. The van der Waals surface area contributed by atoms with Gasteiger partial charge in [0, 0.05) is 36.1 Å². The Balaban J connectivity index is 1.49. The van der Waals surface area contributed by atoms with Crippen LogP contribution in [0.5, 0.6) is 5.75 Å². The number of carbonyl (C=O) groups excluding carboxylic acids is 1. The van der Waals surface area contributed by atoms with Crippen molar-refractivity contribution in [1.29, 1.82) is 0 Å². The molecule has 0 radical (unpaired) electrons. The molecule has 0 aliphatic heterocycles. The zero-order valence-electron chi connectivity index (χ0n) is 12.0. The Morgan fingerprint density at radius 2 is 2.29 bits per heavy atom. The van der Waals surface area contributed by atoms with E-state index >= 15 is 0 Å². The molecule has 0 bridgehead atoms. The van der Waals surface area contributed by atoms with Gasteiger partial charge in [0.05, 0.1) is 0 Å². The van der Waals surface area contributed by atoms with Gasteiger partial charge in [-0.2, -0.15) is 0 Å². The third kappa shape index (κ3) is 4.08. The van der Waals surface area contributed by atoms with E-state index in [2.05, 4.69) is 15.6 Å². The lowest BCUT2D eigenvalue weighted by atomic mass is 10.1. The van der Waals surface area contributed by atoms with E-state index in [4.69, 9.17) is 4.74 Å². The Labute approximate surface area is 124 Å². The number of amides is 2. The average molecular weight is 285 g/mol. The molecule has 1 atom stereocenters. The largest absolute Gasteiger partial charge is 0.486 e. The summed E-state index contributed by atoms with van der Waals surface area (Å²) in [5.74, 6) is 0.813. The van der Waals surface area contributed by atoms with Crippen molar-refractivity contribution in [1.82, 2.24) is 15.6 Å². The highest BCUT2D eigenvalue weighted by Gasteiger charge is 2.23. The van der Waals surface area contributed by atoms with E-state index in [1.807, 2.05) is 37.3 Å². The van der Waals surface area contributed by atoms with Crippen molar-refractivity contribution in [2.45, 2.75) is 38.3 Å². The summed E-state index contributed by atoms with van der Waals surface area (Å²) in [7, 11) is 0. The monoisotopic (exact) mass is 285 g/mol. The number of aromatic nitrogens is 1. The third-order valence-corrected chi connectivity index (χ3v) is 3.39. The maximum atomic E-state index is 11.6. The summed E-state index contributed by atoms with van der Waals surface area (Å²) < 4.78 is 5.86. The van der Waals surface area contributed by atoms with Crippen LogP contribution in [0.3, 0.4) is 0 Å². The molecule has 1 aromatic heterocycles. The number of urea groups is 1. The molecule has 2 N–H and O–H groups in total. The summed E-state index contributed by atoms with van der Waals surface area (Å²) in [6, 6.07) is 4.00. The molecule has 21 heavy (non-hydrogen) atoms. The second-order valence-electron chi connectivity index (χ2n) is 5.42. The molecule has 2 aliphatic rings. The van der Waals surface area contributed by atoms with E-state index in [1.54, 1.807) is 6.20 Å². The van der Waals surface area contributed by atoms with E-state index < -0.39 is 0 Å². The normalized spacial score (nSPS) is 20.6. The lowest BCUT2D eigenvalue weighted by Crippen LogP contribution is -2.36. The van der Waals surface area contributed by atoms with Gasteiger partial charge < -0.3 is 15.4 Å². The fourth-order valence-corrected chi connectivity index (χ4v) is 2.13. The molecule has 1 fully saturated rings. The second kappa shape index (κ2) is 5.99. The number of ether oxygens (including phenoxy) is 1. The maximum absolute atomic E-state index is 11.6. The first kappa shape index (κ1) is 13.7. The third-order valence-electron chi connectivity index (χ3n) is 3.39. The molecule has 5 heteroatoms. The predicted molar refractivity (Wildman–Crippen MR) is 79.9 cm³/mol. The zero-order chi connectivity index (χ0) is 14.7. The molecule has 0 saturated heterocycles. The predicted octanol–water partition coefficient (Wildman–Crippen LogP) is 2.44. The highest BCUT2D eigenvalue weighted by Crippen LogP contribution is 2.19. The highest BCUT2D eigenvalue weighted by molar-refractivity contribution is 5.77. The topological polar surface area (TPSA) is 63.2 Å². The summed E-state index contributed by atoms with van der Waals surface area (Å²) in [5, 5.41) is 5.74. The fourth-order valence-electron chi connectivity index (χ4n) is 2.13. The summed E-state index contributed by atoms with van der Waals surface area (Å²) in [5.41, 5.74) is 1.75. The molecule has 2 amide bonds. The van der Waals surface area contributed by atoms with Gasteiger partial charge in [0.2, 0.25) is 0 Å². The van der Waals surface area contributed by atoms with Crippen LogP contribution in [-0.4, -0.2) is 23.2 Å². The number of rotatable bonds is 4. The molecule has 3 rings (SSSR count). The van der Waals surface area contributed by atoms with Crippen LogP contribution in [0.1, 0.15) is 25.0 Å². The molecule has 0 spiro atoms. The number of pyridine rings is 1. The van der Waals surface area contributed by atoms with E-state index in [9.17, 15) is 4.79 Å². The van der Waals surface area contributed by atoms with E-state index in [-0.39, 0.29) is 12.1 Å².